The summed E-state index contributed by atoms with van der Waals surface area (Å²) in [5.41, 5.74) is 0. The van der Waals surface area contributed by atoms with Crippen LogP contribution in [0.3, 0.4) is 0 Å². The molecular formula is H4Cu3O2. The Morgan fingerprint density at radius 3 is 0.400 bits per heavy atom. The first-order chi connectivity index (χ1) is 0. The van der Waals surface area contributed by atoms with Gasteiger partial charge in [0.1, 0.15) is 0 Å². The van der Waals surface area contributed by atoms with Crippen molar-refractivity contribution in [3.05, 3.63) is 0 Å². The molecule has 3 radical (unpaired) electrons. The Bertz CT molecular complexity index is 4.85. The normalized spacial score (nSPS) is 0. The summed E-state index contributed by atoms with van der Waals surface area (Å²) < 4.78 is 0. The standard InChI is InChI=1S/3Cu.2H2O/h;;;2*1H2. The van der Waals surface area contributed by atoms with Gasteiger partial charge in [-0.15, -0.1) is 0 Å². The Kier molecular flexibility index (Phi) is 894. The zero-order chi connectivity index (χ0) is 0. The van der Waals surface area contributed by atoms with Gasteiger partial charge in [0.15, 0.2) is 0 Å². The fourth-order valence-corrected chi connectivity index (χ4v) is 0. The monoisotopic (exact) mass is 225 g/mol. The van der Waals surface area contributed by atoms with E-state index in [9.17, 15) is 0 Å². The summed E-state index contributed by atoms with van der Waals surface area (Å²) >= 11 is 0. The molecule has 4 N–H and O–H groups in total. The second-order valence-corrected chi connectivity index (χ2v) is 0. The van der Waals surface area contributed by atoms with Crippen molar-refractivity contribution in [1.82, 2.24) is 0 Å². The minimum atomic E-state index is 0. The minimum absolute atomic E-state index is 0. The van der Waals surface area contributed by atoms with Gasteiger partial charge in [-0.05, 0) is 0 Å². The second-order valence-electron chi connectivity index (χ2n) is 0. The van der Waals surface area contributed by atoms with E-state index < -0.39 is 0 Å². The van der Waals surface area contributed by atoms with E-state index in [1.165, 1.54) is 0 Å². The quantitative estimate of drug-likeness (QED) is 0.444. The molecule has 0 saturated heterocycles. The molecule has 0 rings (SSSR count). The average molecular weight is 227 g/mol. The molecule has 0 aliphatic carbocycles. The number of hydrogen-bond acceptors (Lipinski definition) is 0. The fourth-order valence-electron chi connectivity index (χ4n) is 0. The van der Waals surface area contributed by atoms with E-state index in [-0.39, 0.29) is 62.2 Å². The molecule has 0 unspecified atom stereocenters. The van der Waals surface area contributed by atoms with Crippen molar-refractivity contribution in [2.24, 2.45) is 0 Å². The molecule has 0 aromatic heterocycles. The summed E-state index contributed by atoms with van der Waals surface area (Å²) in [6.07, 6.45) is 0. The second kappa shape index (κ2) is 50.3. The summed E-state index contributed by atoms with van der Waals surface area (Å²) in [7, 11) is 0. The summed E-state index contributed by atoms with van der Waals surface area (Å²) in [6.45, 7) is 0. The Morgan fingerprint density at radius 2 is 0.400 bits per heavy atom. The molecule has 0 aromatic rings. The summed E-state index contributed by atoms with van der Waals surface area (Å²) in [4.78, 5) is 0. The van der Waals surface area contributed by atoms with Crippen LogP contribution in [0.4, 0.5) is 0 Å². The van der Waals surface area contributed by atoms with Gasteiger partial charge in [0.05, 0.1) is 0 Å². The van der Waals surface area contributed by atoms with Crippen molar-refractivity contribution in [2.75, 3.05) is 0 Å². The summed E-state index contributed by atoms with van der Waals surface area (Å²) in [5.74, 6) is 0. The van der Waals surface area contributed by atoms with Gasteiger partial charge in [-0.2, -0.15) is 0 Å². The molecule has 0 bridgehead atoms. The van der Waals surface area contributed by atoms with E-state index in [1.54, 1.807) is 0 Å². The maximum atomic E-state index is 0. The van der Waals surface area contributed by atoms with Crippen LogP contribution in [0.5, 0.6) is 0 Å². The average Bonchev–Trinajstić information content (AvgIpc) is 0. The van der Waals surface area contributed by atoms with E-state index >= 15 is 0 Å². The Hall–Kier alpha value is 1.48. The van der Waals surface area contributed by atoms with Crippen LogP contribution in [0.15, 0.2) is 0 Å². The first kappa shape index (κ1) is 89.0. The van der Waals surface area contributed by atoms with Crippen molar-refractivity contribution in [3.63, 3.8) is 0 Å². The van der Waals surface area contributed by atoms with E-state index in [1.807, 2.05) is 0 Å². The zero-order valence-electron chi connectivity index (χ0n) is 1.90. The van der Waals surface area contributed by atoms with Gasteiger partial charge >= 0.3 is 0 Å². The summed E-state index contributed by atoms with van der Waals surface area (Å²) in [5, 5.41) is 0. The maximum Gasteiger partial charge on any atom is 0 e. The van der Waals surface area contributed by atoms with Crippen molar-refractivity contribution >= 4 is 0 Å². The molecule has 5 heavy (non-hydrogen) atoms. The molecule has 5 heteroatoms. The molecule has 0 atom stereocenters. The van der Waals surface area contributed by atoms with Crippen LogP contribution in [0.2, 0.25) is 0 Å². The Balaban J connectivity index is 0. The van der Waals surface area contributed by atoms with Gasteiger partial charge in [-0.3, -0.25) is 0 Å². The van der Waals surface area contributed by atoms with Gasteiger partial charge in [-0.1, -0.05) is 0 Å². The molecular weight excluding hydrogens is 223 g/mol. The van der Waals surface area contributed by atoms with E-state index in [0.29, 0.717) is 0 Å². The fraction of sp³-hybridized carbons (Fsp3) is 0. The smallest absolute Gasteiger partial charge is 0 e. The maximum absolute atomic E-state index is 0. The first-order valence-corrected chi connectivity index (χ1v) is 0. The minimum Gasteiger partial charge on any atom is -0.412 e. The molecule has 0 fully saturated rings. The Labute approximate surface area is 62.1 Å². The van der Waals surface area contributed by atoms with E-state index in [2.05, 4.69) is 0 Å². The van der Waals surface area contributed by atoms with Gasteiger partial charge in [0.2, 0.25) is 0 Å². The van der Waals surface area contributed by atoms with Crippen molar-refractivity contribution < 1.29 is 62.2 Å². The molecule has 0 amide bonds. The van der Waals surface area contributed by atoms with E-state index in [0.717, 1.165) is 0 Å². The first-order valence-electron chi connectivity index (χ1n) is 0. The SMILES string of the molecule is O.O.[Cu].[Cu].[Cu]. The molecule has 2 nitrogen and oxygen atoms in total. The van der Waals surface area contributed by atoms with Crippen molar-refractivity contribution in [1.29, 1.82) is 0 Å². The molecule has 49 valence electrons. The van der Waals surface area contributed by atoms with Crippen LogP contribution in [0.1, 0.15) is 0 Å². The van der Waals surface area contributed by atoms with Crippen LogP contribution in [0, 0.1) is 0 Å². The molecule has 0 aliphatic heterocycles. The van der Waals surface area contributed by atoms with Crippen molar-refractivity contribution in [2.45, 2.75) is 0 Å². The third kappa shape index (κ3) is 30.3. The van der Waals surface area contributed by atoms with Crippen molar-refractivity contribution in [3.8, 4) is 0 Å². The van der Waals surface area contributed by atoms with Crippen LogP contribution in [-0.2, 0) is 51.2 Å². The number of rotatable bonds is 0. The van der Waals surface area contributed by atoms with Gasteiger partial charge < -0.3 is 11.0 Å². The van der Waals surface area contributed by atoms with Crippen LogP contribution < -0.4 is 0 Å². The zero-order valence-corrected chi connectivity index (χ0v) is 4.73. The largest absolute Gasteiger partial charge is 0.412 e. The van der Waals surface area contributed by atoms with Gasteiger partial charge in [0, 0.05) is 51.2 Å². The molecule has 0 heterocycles. The molecule has 0 aromatic carbocycles. The predicted molar refractivity (Wildman–Crippen MR) is 7.23 cm³/mol. The van der Waals surface area contributed by atoms with Gasteiger partial charge in [0.25, 0.3) is 0 Å². The third-order valence-corrected chi connectivity index (χ3v) is 0. The Morgan fingerprint density at radius 1 is 0.400 bits per heavy atom. The summed E-state index contributed by atoms with van der Waals surface area (Å²) in [6, 6.07) is 0. The number of hydrogen-bond donors (Lipinski definition) is 0. The molecule has 0 aliphatic rings. The van der Waals surface area contributed by atoms with Gasteiger partial charge in [-0.25, -0.2) is 0 Å². The molecule has 0 saturated carbocycles. The van der Waals surface area contributed by atoms with Crippen LogP contribution in [-0.4, -0.2) is 11.0 Å². The van der Waals surface area contributed by atoms with Crippen LogP contribution >= 0.6 is 0 Å². The predicted octanol–water partition coefficient (Wildman–Crippen LogP) is -1.66. The van der Waals surface area contributed by atoms with Crippen LogP contribution in [0.25, 0.3) is 0 Å². The molecule has 0 spiro atoms. The third-order valence-electron chi connectivity index (χ3n) is 0. The topological polar surface area (TPSA) is 63.0 Å². The van der Waals surface area contributed by atoms with E-state index in [4.69, 9.17) is 0 Å².